The molecule has 4 amide bonds. The van der Waals surface area contributed by atoms with Crippen LogP contribution >= 0.6 is 0 Å². The fraction of sp³-hybridized carbons (Fsp3) is 0.340. The van der Waals surface area contributed by atoms with E-state index in [0.717, 1.165) is 22.2 Å². The number of carbonyl (C=O) groups excluding carboxylic acids is 4. The Morgan fingerprint density at radius 1 is 0.881 bits per heavy atom. The topological polar surface area (TPSA) is 225 Å². The maximum atomic E-state index is 12.6. The van der Waals surface area contributed by atoms with Gasteiger partial charge in [-0.05, 0) is 54.8 Å². The van der Waals surface area contributed by atoms with E-state index >= 15 is 0 Å². The van der Waals surface area contributed by atoms with Gasteiger partial charge in [0.25, 0.3) is 5.91 Å². The van der Waals surface area contributed by atoms with Crippen LogP contribution in [0.5, 0.6) is 5.88 Å². The van der Waals surface area contributed by atoms with Gasteiger partial charge >= 0.3 is 0 Å². The maximum Gasteiger partial charge on any atom is 0.296 e. The van der Waals surface area contributed by atoms with Crippen molar-refractivity contribution in [3.8, 4) is 17.7 Å². The summed E-state index contributed by atoms with van der Waals surface area (Å²) in [5, 5.41) is 34.0. The number of nitrogens with zero attached hydrogens (tertiary/aromatic N) is 2. The number of aliphatic hydroxyl groups excluding tert-OH is 1. The van der Waals surface area contributed by atoms with Crippen LogP contribution in [0.1, 0.15) is 59.4 Å². The van der Waals surface area contributed by atoms with E-state index in [2.05, 4.69) is 38.1 Å². The number of hydrogen-bond acceptors (Lipinski definition) is 13. The van der Waals surface area contributed by atoms with Crippen molar-refractivity contribution in [3.63, 3.8) is 0 Å². The highest BCUT2D eigenvalue weighted by molar-refractivity contribution is 6.22. The number of fused-ring (bicyclic) bond motifs is 2. The van der Waals surface area contributed by atoms with Gasteiger partial charge in [0, 0.05) is 66.3 Å². The molecule has 5 aromatic rings. The van der Waals surface area contributed by atoms with Gasteiger partial charge in [-0.1, -0.05) is 66.6 Å². The van der Waals surface area contributed by atoms with Crippen LogP contribution < -0.4 is 21.3 Å². The lowest BCUT2D eigenvalue weighted by Crippen LogP contribution is -2.51. The third-order valence-corrected chi connectivity index (χ3v) is 11.0. The van der Waals surface area contributed by atoms with Crippen molar-refractivity contribution in [1.29, 1.82) is 0 Å². The van der Waals surface area contributed by atoms with Crippen LogP contribution in [0.25, 0.3) is 10.9 Å². The number of benzene rings is 4. The second-order valence-corrected chi connectivity index (χ2v) is 15.7. The van der Waals surface area contributed by atoms with Gasteiger partial charge in [0.05, 0.1) is 74.8 Å². The molecule has 2 aliphatic rings. The number of anilines is 1. The molecule has 2 atom stereocenters. The van der Waals surface area contributed by atoms with E-state index in [-0.39, 0.29) is 56.4 Å². The van der Waals surface area contributed by atoms with Crippen LogP contribution in [0.2, 0.25) is 0 Å². The van der Waals surface area contributed by atoms with Crippen LogP contribution in [0.4, 0.5) is 11.4 Å². The number of aromatic hydroxyl groups is 1. The number of aromatic nitrogens is 1. The number of hydrogen-bond donors (Lipinski definition) is 7. The Labute approximate surface area is 388 Å². The molecule has 67 heavy (non-hydrogen) atoms. The van der Waals surface area contributed by atoms with Crippen LogP contribution in [-0.4, -0.2) is 121 Å². The van der Waals surface area contributed by atoms with E-state index in [1.807, 2.05) is 73.7 Å². The molecule has 2 aliphatic heterocycles. The summed E-state index contributed by atoms with van der Waals surface area (Å²) >= 11 is 0. The second-order valence-electron chi connectivity index (χ2n) is 15.7. The minimum absolute atomic E-state index is 0.0173. The Morgan fingerprint density at radius 2 is 1.61 bits per heavy atom. The number of piperidine rings is 1. The predicted molar refractivity (Wildman–Crippen MR) is 250 cm³/mol. The molecule has 1 aromatic heterocycles. The number of aromatic amines is 1. The average Bonchev–Trinajstić information content (AvgIpc) is 3.84. The zero-order chi connectivity index (χ0) is 47.0. The second kappa shape index (κ2) is 24.1. The third-order valence-electron chi connectivity index (χ3n) is 11.0. The highest BCUT2D eigenvalue weighted by Crippen LogP contribution is 2.39. The lowest BCUT2D eigenvalue weighted by molar-refractivity contribution is -0.141. The minimum atomic E-state index is -1.03. The van der Waals surface area contributed by atoms with Gasteiger partial charge in [0.15, 0.2) is 5.88 Å². The molecular formula is C50H55N7O10. The van der Waals surface area contributed by atoms with Gasteiger partial charge in [-0.15, -0.1) is 0 Å². The molecule has 4 aromatic carbocycles. The zero-order valence-electron chi connectivity index (χ0n) is 37.3. The SMILES string of the molecule is CCNC(=O)C#Cc1ccc2c(C(=Nc3ccc(CNCCOCCOCCOCCOCC(=O)Nc4cccc5c4CN(C4CCC(=O)NC4=O)C5O)cc3)c3ccccc3)c(O)[nH]c2c1. The van der Waals surface area contributed by atoms with Crippen molar-refractivity contribution >= 4 is 51.6 Å². The molecule has 17 heteroatoms. The Morgan fingerprint density at radius 3 is 2.34 bits per heavy atom. The van der Waals surface area contributed by atoms with E-state index in [9.17, 15) is 29.4 Å². The van der Waals surface area contributed by atoms with Crippen LogP contribution in [0, 0.1) is 11.8 Å². The Hall–Kier alpha value is -6.75. The Balaban J connectivity index is 0.748. The predicted octanol–water partition coefficient (Wildman–Crippen LogP) is 3.94. The molecular weight excluding hydrogens is 859 g/mol. The smallest absolute Gasteiger partial charge is 0.296 e. The van der Waals surface area contributed by atoms with Crippen molar-refractivity contribution in [2.24, 2.45) is 4.99 Å². The summed E-state index contributed by atoms with van der Waals surface area (Å²) in [5.74, 6) is 3.97. The van der Waals surface area contributed by atoms with Gasteiger partial charge < -0.3 is 50.1 Å². The molecule has 3 heterocycles. The molecule has 1 saturated heterocycles. The molecule has 17 nitrogen and oxygen atoms in total. The first-order chi connectivity index (χ1) is 32.7. The molecule has 0 saturated carbocycles. The van der Waals surface area contributed by atoms with Gasteiger partial charge in [-0.2, -0.15) is 0 Å². The van der Waals surface area contributed by atoms with E-state index < -0.39 is 18.2 Å². The largest absolute Gasteiger partial charge is 0.494 e. The number of amides is 4. The summed E-state index contributed by atoms with van der Waals surface area (Å²) in [6.07, 6.45) is -0.509. The molecule has 0 radical (unpaired) electrons. The fourth-order valence-corrected chi connectivity index (χ4v) is 7.77. The Kier molecular flexibility index (Phi) is 17.4. The molecule has 0 spiro atoms. The van der Waals surface area contributed by atoms with Crippen molar-refractivity contribution < 1.29 is 48.3 Å². The minimum Gasteiger partial charge on any atom is -0.494 e. The van der Waals surface area contributed by atoms with Crippen molar-refractivity contribution in [1.82, 2.24) is 25.8 Å². The quantitative estimate of drug-likeness (QED) is 0.0227. The summed E-state index contributed by atoms with van der Waals surface area (Å²) in [5.41, 5.74) is 6.97. The number of H-pyrrole nitrogens is 1. The first-order valence-electron chi connectivity index (χ1n) is 22.3. The van der Waals surface area contributed by atoms with Gasteiger partial charge in [0.1, 0.15) is 12.8 Å². The van der Waals surface area contributed by atoms with E-state index in [4.69, 9.17) is 23.9 Å². The monoisotopic (exact) mass is 913 g/mol. The first-order valence-corrected chi connectivity index (χ1v) is 22.3. The van der Waals surface area contributed by atoms with Gasteiger partial charge in [0.2, 0.25) is 17.7 Å². The van der Waals surface area contributed by atoms with Crippen molar-refractivity contribution in [3.05, 3.63) is 124 Å². The summed E-state index contributed by atoms with van der Waals surface area (Å²) in [7, 11) is 0. The number of nitrogens with one attached hydrogen (secondary N) is 5. The highest BCUT2D eigenvalue weighted by atomic mass is 16.6. The summed E-state index contributed by atoms with van der Waals surface area (Å²) < 4.78 is 22.3. The third kappa shape index (κ3) is 13.2. The molecule has 7 rings (SSSR count). The van der Waals surface area contributed by atoms with E-state index in [0.29, 0.717) is 98.3 Å². The van der Waals surface area contributed by atoms with E-state index in [1.165, 1.54) is 0 Å². The maximum absolute atomic E-state index is 12.6. The standard InChI is InChI=1S/C50H55N7O10/c1-2-52-43(58)19-14-33-13-17-38-41(29-33)55-49(62)46(38)47(35-7-4-3-5-8-35)53-36-15-11-34(12-16-36)30-51-21-22-64-23-24-65-25-26-66-27-28-67-32-45(60)54-40-10-6-9-37-39(40)31-57(50(37)63)42-18-20-44(59)56-48(42)61/h3-13,15-17,29,42,50-51,55,62-63H,2,18,20-28,30-32H2,1H3,(H,52,58)(H,54,60)(H,56,59,61). The Bertz CT molecular complexity index is 2600. The van der Waals surface area contributed by atoms with Crippen LogP contribution in [0.3, 0.4) is 0 Å². The number of carbonyl (C=O) groups is 4. The molecule has 1 fully saturated rings. The lowest BCUT2D eigenvalue weighted by Gasteiger charge is -2.31. The fourth-order valence-electron chi connectivity index (χ4n) is 7.77. The molecule has 350 valence electrons. The normalized spacial score (nSPS) is 16.1. The van der Waals surface area contributed by atoms with Crippen molar-refractivity contribution in [2.75, 3.05) is 71.3 Å². The summed E-state index contributed by atoms with van der Waals surface area (Å²) in [6, 6.07) is 27.6. The number of rotatable bonds is 22. The number of aliphatic imine (C=N–C) groups is 1. The van der Waals surface area contributed by atoms with Crippen LogP contribution in [0.15, 0.2) is 96.0 Å². The van der Waals surface area contributed by atoms with Gasteiger partial charge in [-0.25, -0.2) is 4.99 Å². The van der Waals surface area contributed by atoms with Crippen molar-refractivity contribution in [2.45, 2.75) is 45.1 Å². The van der Waals surface area contributed by atoms with Crippen LogP contribution in [-0.2, 0) is 51.2 Å². The summed E-state index contributed by atoms with van der Waals surface area (Å²) in [4.78, 5) is 58.1. The highest BCUT2D eigenvalue weighted by Gasteiger charge is 2.40. The molecule has 0 aliphatic carbocycles. The number of ether oxygens (including phenoxy) is 4. The first kappa shape index (κ1) is 48.2. The molecule has 2 unspecified atom stereocenters. The lowest BCUT2D eigenvalue weighted by atomic mass is 10.00. The van der Waals surface area contributed by atoms with E-state index in [1.54, 1.807) is 29.2 Å². The summed E-state index contributed by atoms with van der Waals surface area (Å²) in [6.45, 7) is 6.31. The zero-order valence-corrected chi connectivity index (χ0v) is 37.3. The number of imide groups is 1. The average molecular weight is 914 g/mol. The number of aliphatic hydroxyl groups is 1. The van der Waals surface area contributed by atoms with Gasteiger partial charge in [-0.3, -0.25) is 29.4 Å². The molecule has 7 N–H and O–H groups in total. The molecule has 0 bridgehead atoms.